The van der Waals surface area contributed by atoms with Crippen LogP contribution in [0.15, 0.2) is 52.4 Å². The van der Waals surface area contributed by atoms with Gasteiger partial charge in [-0.25, -0.2) is 9.97 Å². The van der Waals surface area contributed by atoms with E-state index in [2.05, 4.69) is 15.3 Å². The Bertz CT molecular complexity index is 1010. The molecule has 0 radical (unpaired) electrons. The number of carbonyl (C=O) groups is 1. The molecule has 0 saturated heterocycles. The van der Waals surface area contributed by atoms with Gasteiger partial charge in [0.1, 0.15) is 5.52 Å². The van der Waals surface area contributed by atoms with E-state index in [0.717, 1.165) is 17.3 Å². The van der Waals surface area contributed by atoms with Crippen LogP contribution >= 0.6 is 23.4 Å². The molecule has 0 atom stereocenters. The zero-order valence-electron chi connectivity index (χ0n) is 14.1. The standard InChI is InChI=1S/C18H17ClN4O2S/c1-2-23-16-14(8-5-9-20-16)22-17(18(23)25)26-11-15(24)21-10-12-6-3-4-7-13(12)19/h3-9H,2,10-11H2,1H3,(H,21,24). The predicted octanol–water partition coefficient (Wildman–Crippen LogP) is 2.87. The fraction of sp³-hybridized carbons (Fsp3) is 0.222. The highest BCUT2D eigenvalue weighted by Crippen LogP contribution is 2.16. The minimum Gasteiger partial charge on any atom is -0.351 e. The number of aromatic nitrogens is 3. The maximum Gasteiger partial charge on any atom is 0.284 e. The smallest absolute Gasteiger partial charge is 0.284 e. The summed E-state index contributed by atoms with van der Waals surface area (Å²) in [5, 5.41) is 3.70. The molecule has 6 nitrogen and oxygen atoms in total. The van der Waals surface area contributed by atoms with Gasteiger partial charge in [-0.3, -0.25) is 14.2 Å². The number of thioether (sulfide) groups is 1. The molecule has 0 spiro atoms. The lowest BCUT2D eigenvalue weighted by Gasteiger charge is -2.09. The molecule has 1 amide bonds. The molecule has 0 saturated carbocycles. The molecule has 0 bridgehead atoms. The van der Waals surface area contributed by atoms with Gasteiger partial charge >= 0.3 is 0 Å². The van der Waals surface area contributed by atoms with E-state index in [9.17, 15) is 9.59 Å². The fourth-order valence-electron chi connectivity index (χ4n) is 2.46. The summed E-state index contributed by atoms with van der Waals surface area (Å²) < 4.78 is 1.56. The number of nitrogens with one attached hydrogen (secondary N) is 1. The minimum atomic E-state index is -0.234. The second kappa shape index (κ2) is 8.33. The Morgan fingerprint density at radius 1 is 1.27 bits per heavy atom. The van der Waals surface area contributed by atoms with Crippen LogP contribution in [0.3, 0.4) is 0 Å². The summed E-state index contributed by atoms with van der Waals surface area (Å²) in [6, 6.07) is 10.9. The van der Waals surface area contributed by atoms with Crippen LogP contribution in [0.1, 0.15) is 12.5 Å². The van der Waals surface area contributed by atoms with Crippen molar-refractivity contribution in [1.29, 1.82) is 0 Å². The molecule has 0 aliphatic carbocycles. The normalized spacial score (nSPS) is 10.8. The van der Waals surface area contributed by atoms with Gasteiger partial charge < -0.3 is 5.32 Å². The zero-order chi connectivity index (χ0) is 18.5. The SMILES string of the molecule is CCn1c(=O)c(SCC(=O)NCc2ccccc2Cl)nc2cccnc21. The number of rotatable bonds is 6. The topological polar surface area (TPSA) is 76.9 Å². The summed E-state index contributed by atoms with van der Waals surface area (Å²) in [6.45, 7) is 2.70. The molecule has 0 aliphatic rings. The monoisotopic (exact) mass is 388 g/mol. The number of aryl methyl sites for hydroxylation is 1. The Balaban J connectivity index is 1.69. The van der Waals surface area contributed by atoms with Gasteiger partial charge in [-0.05, 0) is 30.7 Å². The van der Waals surface area contributed by atoms with E-state index >= 15 is 0 Å². The second-order valence-corrected chi connectivity index (χ2v) is 6.84. The van der Waals surface area contributed by atoms with Crippen LogP contribution in [0, 0.1) is 0 Å². The number of halogens is 1. The van der Waals surface area contributed by atoms with Crippen molar-refractivity contribution >= 4 is 40.4 Å². The summed E-state index contributed by atoms with van der Waals surface area (Å²) in [4.78, 5) is 33.2. The average Bonchev–Trinajstić information content (AvgIpc) is 2.66. The minimum absolute atomic E-state index is 0.0994. The lowest BCUT2D eigenvalue weighted by Crippen LogP contribution is -2.27. The predicted molar refractivity (Wildman–Crippen MR) is 103 cm³/mol. The van der Waals surface area contributed by atoms with Gasteiger partial charge in [-0.15, -0.1) is 0 Å². The molecule has 0 aliphatic heterocycles. The van der Waals surface area contributed by atoms with Crippen molar-refractivity contribution in [3.8, 4) is 0 Å². The first-order valence-corrected chi connectivity index (χ1v) is 9.45. The van der Waals surface area contributed by atoms with Crippen molar-refractivity contribution in [2.24, 2.45) is 0 Å². The molecule has 3 aromatic rings. The van der Waals surface area contributed by atoms with Crippen LogP contribution < -0.4 is 10.9 Å². The zero-order valence-corrected chi connectivity index (χ0v) is 15.7. The molecule has 3 rings (SSSR count). The molecule has 134 valence electrons. The number of nitrogens with zero attached hydrogens (tertiary/aromatic N) is 3. The Kier molecular flexibility index (Phi) is 5.90. The number of carbonyl (C=O) groups excluding carboxylic acids is 1. The molecule has 2 aromatic heterocycles. The van der Waals surface area contributed by atoms with Crippen molar-refractivity contribution in [3.05, 3.63) is 63.5 Å². The number of benzene rings is 1. The number of hydrogen-bond donors (Lipinski definition) is 1. The first-order valence-electron chi connectivity index (χ1n) is 8.08. The third-order valence-corrected chi connectivity index (χ3v) is 5.08. The summed E-state index contributed by atoms with van der Waals surface area (Å²) in [5.74, 6) is -0.0900. The number of amides is 1. The highest BCUT2D eigenvalue weighted by Gasteiger charge is 2.13. The molecule has 0 unspecified atom stereocenters. The molecule has 2 heterocycles. The summed E-state index contributed by atoms with van der Waals surface area (Å²) >= 11 is 7.20. The fourth-order valence-corrected chi connectivity index (χ4v) is 3.43. The molecule has 26 heavy (non-hydrogen) atoms. The summed E-state index contributed by atoms with van der Waals surface area (Å²) in [5.41, 5.74) is 1.79. The van der Waals surface area contributed by atoms with Crippen molar-refractivity contribution in [3.63, 3.8) is 0 Å². The number of hydrogen-bond acceptors (Lipinski definition) is 5. The van der Waals surface area contributed by atoms with Gasteiger partial charge in [0.15, 0.2) is 10.7 Å². The van der Waals surface area contributed by atoms with Gasteiger partial charge in [-0.1, -0.05) is 41.6 Å². The van der Waals surface area contributed by atoms with Crippen molar-refractivity contribution in [2.75, 3.05) is 5.75 Å². The maximum atomic E-state index is 12.5. The summed E-state index contributed by atoms with van der Waals surface area (Å²) in [7, 11) is 0. The molecule has 0 fully saturated rings. The van der Waals surface area contributed by atoms with Gasteiger partial charge in [0.2, 0.25) is 5.91 Å². The number of pyridine rings is 1. The van der Waals surface area contributed by atoms with Gasteiger partial charge in [-0.2, -0.15) is 0 Å². The first-order chi connectivity index (χ1) is 12.6. The van der Waals surface area contributed by atoms with E-state index in [0.29, 0.717) is 34.3 Å². The van der Waals surface area contributed by atoms with E-state index in [1.54, 1.807) is 29.0 Å². The van der Waals surface area contributed by atoms with Crippen LogP contribution in [0.25, 0.3) is 11.2 Å². The maximum absolute atomic E-state index is 12.5. The van der Waals surface area contributed by atoms with Crippen molar-refractivity contribution in [1.82, 2.24) is 19.9 Å². The largest absolute Gasteiger partial charge is 0.351 e. The quantitative estimate of drug-likeness (QED) is 0.657. The molecule has 1 N–H and O–H groups in total. The Morgan fingerprint density at radius 2 is 2.08 bits per heavy atom. The van der Waals surface area contributed by atoms with Gasteiger partial charge in [0.05, 0.1) is 5.75 Å². The van der Waals surface area contributed by atoms with Gasteiger partial charge in [0, 0.05) is 24.3 Å². The molecular formula is C18H17ClN4O2S. The van der Waals surface area contributed by atoms with E-state index < -0.39 is 0 Å². The third-order valence-electron chi connectivity index (χ3n) is 3.76. The van der Waals surface area contributed by atoms with Crippen LogP contribution in [-0.2, 0) is 17.9 Å². The van der Waals surface area contributed by atoms with Gasteiger partial charge in [0.25, 0.3) is 5.56 Å². The molecule has 1 aromatic carbocycles. The van der Waals surface area contributed by atoms with E-state index in [-0.39, 0.29) is 17.2 Å². The Labute approximate surface area is 159 Å². The highest BCUT2D eigenvalue weighted by atomic mass is 35.5. The van der Waals surface area contributed by atoms with E-state index in [4.69, 9.17) is 11.6 Å². The van der Waals surface area contributed by atoms with Crippen LogP contribution in [-0.4, -0.2) is 26.2 Å². The Morgan fingerprint density at radius 3 is 2.85 bits per heavy atom. The average molecular weight is 389 g/mol. The molecular weight excluding hydrogens is 372 g/mol. The molecule has 8 heteroatoms. The lowest BCUT2D eigenvalue weighted by molar-refractivity contribution is -0.118. The first kappa shape index (κ1) is 18.4. The highest BCUT2D eigenvalue weighted by molar-refractivity contribution is 7.99. The third kappa shape index (κ3) is 4.05. The lowest BCUT2D eigenvalue weighted by atomic mass is 10.2. The van der Waals surface area contributed by atoms with E-state index in [1.165, 1.54) is 0 Å². The van der Waals surface area contributed by atoms with E-state index in [1.807, 2.05) is 25.1 Å². The summed E-state index contributed by atoms with van der Waals surface area (Å²) in [6.07, 6.45) is 1.63. The number of fused-ring (bicyclic) bond motifs is 1. The van der Waals surface area contributed by atoms with Crippen molar-refractivity contribution in [2.45, 2.75) is 25.0 Å². The van der Waals surface area contributed by atoms with Crippen LogP contribution in [0.5, 0.6) is 0 Å². The van der Waals surface area contributed by atoms with Crippen LogP contribution in [0.4, 0.5) is 0 Å². The van der Waals surface area contributed by atoms with Crippen molar-refractivity contribution < 1.29 is 4.79 Å². The Hall–Kier alpha value is -2.38. The second-order valence-electron chi connectivity index (χ2n) is 5.47. The van der Waals surface area contributed by atoms with Crippen LogP contribution in [0.2, 0.25) is 5.02 Å².